The first-order chi connectivity index (χ1) is 7.65. The Balaban J connectivity index is 2.86. The van der Waals surface area contributed by atoms with Gasteiger partial charge < -0.3 is 9.84 Å². The molecule has 0 radical (unpaired) electrons. The molecule has 0 saturated carbocycles. The van der Waals surface area contributed by atoms with Crippen LogP contribution in [0, 0.1) is 0 Å². The summed E-state index contributed by atoms with van der Waals surface area (Å²) in [6.07, 6.45) is 0. The van der Waals surface area contributed by atoms with Gasteiger partial charge in [0.1, 0.15) is 11.3 Å². The van der Waals surface area contributed by atoms with Crippen molar-refractivity contribution >= 4 is 32.7 Å². The Morgan fingerprint density at radius 2 is 2.00 bits per heavy atom. The maximum Gasteiger partial charge on any atom is 0.339 e. The second-order valence-electron chi connectivity index (χ2n) is 3.29. The molecule has 0 aliphatic heterocycles. The fourth-order valence-corrected chi connectivity index (χ4v) is 2.18. The number of halogens is 1. The van der Waals surface area contributed by atoms with Crippen molar-refractivity contribution < 1.29 is 14.6 Å². The molecule has 3 nitrogen and oxygen atoms in total. The molecule has 0 aromatic heterocycles. The fraction of sp³-hybridized carbons (Fsp3) is 0.0833. The molecule has 0 bridgehead atoms. The lowest BCUT2D eigenvalue weighted by Crippen LogP contribution is -2.00. The number of carboxylic acid groups (broad SMARTS) is 1. The van der Waals surface area contributed by atoms with Crippen LogP contribution in [0.2, 0.25) is 0 Å². The van der Waals surface area contributed by atoms with Crippen molar-refractivity contribution in [2.75, 3.05) is 7.11 Å². The molecule has 0 heterocycles. The molecule has 0 fully saturated rings. The van der Waals surface area contributed by atoms with Crippen molar-refractivity contribution in [3.63, 3.8) is 0 Å². The lowest BCUT2D eigenvalue weighted by molar-refractivity contribution is 0.0693. The van der Waals surface area contributed by atoms with E-state index in [1.54, 1.807) is 12.1 Å². The zero-order valence-electron chi connectivity index (χ0n) is 8.53. The highest BCUT2D eigenvalue weighted by atomic mass is 79.9. The average molecular weight is 281 g/mol. The second kappa shape index (κ2) is 4.14. The molecule has 0 spiro atoms. The van der Waals surface area contributed by atoms with Gasteiger partial charge in [-0.2, -0.15) is 0 Å². The normalized spacial score (nSPS) is 10.4. The Hall–Kier alpha value is -1.55. The summed E-state index contributed by atoms with van der Waals surface area (Å²) < 4.78 is 6.09. The topological polar surface area (TPSA) is 46.5 Å². The van der Waals surface area contributed by atoms with Gasteiger partial charge in [-0.05, 0) is 17.5 Å². The fourth-order valence-electron chi connectivity index (χ4n) is 1.68. The molecule has 0 aliphatic carbocycles. The average Bonchev–Trinajstić information content (AvgIpc) is 2.27. The zero-order chi connectivity index (χ0) is 11.7. The van der Waals surface area contributed by atoms with Crippen molar-refractivity contribution in [2.45, 2.75) is 0 Å². The van der Waals surface area contributed by atoms with Gasteiger partial charge in [0.15, 0.2) is 0 Å². The summed E-state index contributed by atoms with van der Waals surface area (Å²) in [5.74, 6) is -0.593. The first-order valence-electron chi connectivity index (χ1n) is 4.63. The van der Waals surface area contributed by atoms with Gasteiger partial charge in [-0.1, -0.05) is 34.1 Å². The molecular formula is C12H9BrO3. The largest absolute Gasteiger partial charge is 0.495 e. The number of ether oxygens (including phenoxy) is 1. The number of fused-ring (bicyclic) bond motifs is 1. The number of carbonyl (C=O) groups is 1. The standard InChI is InChI=1S/C12H9BrO3/c1-16-11-8-3-2-4-10(13)7(8)5-6-9(11)12(14)15/h2-6H,1H3,(H,14,15). The lowest BCUT2D eigenvalue weighted by Gasteiger charge is -2.09. The summed E-state index contributed by atoms with van der Waals surface area (Å²) in [5.41, 5.74) is 0.174. The first-order valence-corrected chi connectivity index (χ1v) is 5.43. The van der Waals surface area contributed by atoms with E-state index in [1.807, 2.05) is 18.2 Å². The van der Waals surface area contributed by atoms with Gasteiger partial charge in [0.25, 0.3) is 0 Å². The minimum Gasteiger partial charge on any atom is -0.495 e. The Bertz CT molecular complexity index is 563. The van der Waals surface area contributed by atoms with Crippen molar-refractivity contribution in [1.82, 2.24) is 0 Å². The van der Waals surface area contributed by atoms with E-state index >= 15 is 0 Å². The maximum atomic E-state index is 11.0. The highest BCUT2D eigenvalue weighted by Crippen LogP contribution is 2.33. The van der Waals surface area contributed by atoms with E-state index in [-0.39, 0.29) is 5.56 Å². The van der Waals surface area contributed by atoms with Gasteiger partial charge >= 0.3 is 5.97 Å². The summed E-state index contributed by atoms with van der Waals surface area (Å²) in [6.45, 7) is 0. The van der Waals surface area contributed by atoms with Crippen LogP contribution in [-0.4, -0.2) is 18.2 Å². The Labute approximate surface area is 101 Å². The molecule has 0 amide bonds. The van der Waals surface area contributed by atoms with Crippen molar-refractivity contribution in [2.24, 2.45) is 0 Å². The van der Waals surface area contributed by atoms with Crippen LogP contribution in [0.15, 0.2) is 34.8 Å². The molecule has 2 aromatic carbocycles. The summed E-state index contributed by atoms with van der Waals surface area (Å²) >= 11 is 3.42. The van der Waals surface area contributed by atoms with Crippen molar-refractivity contribution in [3.8, 4) is 5.75 Å². The minimum atomic E-state index is -0.987. The van der Waals surface area contributed by atoms with Crippen molar-refractivity contribution in [1.29, 1.82) is 0 Å². The third-order valence-corrected chi connectivity index (χ3v) is 3.08. The van der Waals surface area contributed by atoms with E-state index < -0.39 is 5.97 Å². The monoisotopic (exact) mass is 280 g/mol. The molecule has 0 saturated heterocycles. The van der Waals surface area contributed by atoms with Gasteiger partial charge in [-0.15, -0.1) is 0 Å². The molecule has 0 atom stereocenters. The molecule has 16 heavy (non-hydrogen) atoms. The van der Waals surface area contributed by atoms with Crippen LogP contribution >= 0.6 is 15.9 Å². The van der Waals surface area contributed by atoms with E-state index in [0.717, 1.165) is 15.2 Å². The van der Waals surface area contributed by atoms with Gasteiger partial charge in [0.05, 0.1) is 7.11 Å². The molecule has 0 unspecified atom stereocenters. The molecular weight excluding hydrogens is 272 g/mol. The molecule has 82 valence electrons. The summed E-state index contributed by atoms with van der Waals surface area (Å²) in [5, 5.41) is 10.8. The van der Waals surface area contributed by atoms with E-state index in [1.165, 1.54) is 7.11 Å². The number of rotatable bonds is 2. The lowest BCUT2D eigenvalue weighted by atomic mass is 10.1. The molecule has 0 aliphatic rings. The SMILES string of the molecule is COc1c(C(=O)O)ccc2c(Br)cccc12. The van der Waals surface area contributed by atoms with E-state index in [2.05, 4.69) is 15.9 Å². The van der Waals surface area contributed by atoms with Gasteiger partial charge in [-0.25, -0.2) is 4.79 Å². The summed E-state index contributed by atoms with van der Waals surface area (Å²) in [4.78, 5) is 11.0. The summed E-state index contributed by atoms with van der Waals surface area (Å²) in [6, 6.07) is 8.91. The van der Waals surface area contributed by atoms with E-state index in [9.17, 15) is 4.79 Å². The number of carboxylic acids is 1. The van der Waals surface area contributed by atoms with Crippen molar-refractivity contribution in [3.05, 3.63) is 40.4 Å². The number of benzene rings is 2. The Morgan fingerprint density at radius 3 is 2.62 bits per heavy atom. The smallest absolute Gasteiger partial charge is 0.339 e. The third-order valence-electron chi connectivity index (χ3n) is 2.39. The van der Waals surface area contributed by atoms with Gasteiger partial charge in [-0.3, -0.25) is 0 Å². The van der Waals surface area contributed by atoms with Crippen LogP contribution in [0.5, 0.6) is 5.75 Å². The highest BCUT2D eigenvalue weighted by Gasteiger charge is 2.14. The summed E-state index contributed by atoms with van der Waals surface area (Å²) in [7, 11) is 1.47. The number of aromatic carboxylic acids is 1. The number of hydrogen-bond acceptors (Lipinski definition) is 2. The van der Waals surface area contributed by atoms with Crippen LogP contribution in [0.4, 0.5) is 0 Å². The predicted molar refractivity (Wildman–Crippen MR) is 65.2 cm³/mol. The zero-order valence-corrected chi connectivity index (χ0v) is 10.1. The minimum absolute atomic E-state index is 0.174. The van der Waals surface area contributed by atoms with Gasteiger partial charge in [0, 0.05) is 9.86 Å². The van der Waals surface area contributed by atoms with Crippen LogP contribution < -0.4 is 4.74 Å². The van der Waals surface area contributed by atoms with Crippen LogP contribution in [0.25, 0.3) is 10.8 Å². The molecule has 2 aromatic rings. The molecule has 4 heteroatoms. The highest BCUT2D eigenvalue weighted by molar-refractivity contribution is 9.10. The Kier molecular flexibility index (Phi) is 2.83. The quantitative estimate of drug-likeness (QED) is 0.918. The van der Waals surface area contributed by atoms with Crippen LogP contribution in [0.3, 0.4) is 0 Å². The number of methoxy groups -OCH3 is 1. The maximum absolute atomic E-state index is 11.0. The van der Waals surface area contributed by atoms with Crippen LogP contribution in [-0.2, 0) is 0 Å². The third kappa shape index (κ3) is 1.65. The van der Waals surface area contributed by atoms with E-state index in [0.29, 0.717) is 5.75 Å². The van der Waals surface area contributed by atoms with Gasteiger partial charge in [0.2, 0.25) is 0 Å². The van der Waals surface area contributed by atoms with E-state index in [4.69, 9.17) is 9.84 Å². The number of hydrogen-bond donors (Lipinski definition) is 1. The Morgan fingerprint density at radius 1 is 1.25 bits per heavy atom. The second-order valence-corrected chi connectivity index (χ2v) is 4.14. The molecule has 1 N–H and O–H groups in total. The molecule has 2 rings (SSSR count). The first kappa shape index (κ1) is 11.0. The van der Waals surface area contributed by atoms with Crippen LogP contribution in [0.1, 0.15) is 10.4 Å². The predicted octanol–water partition coefficient (Wildman–Crippen LogP) is 3.31.